The molecule has 0 aliphatic rings. The van der Waals surface area contributed by atoms with E-state index in [1.54, 1.807) is 10.6 Å². The van der Waals surface area contributed by atoms with Crippen molar-refractivity contribution in [3.63, 3.8) is 0 Å². The zero-order valence-corrected chi connectivity index (χ0v) is 17.5. The van der Waals surface area contributed by atoms with Gasteiger partial charge in [-0.2, -0.15) is 13.2 Å². The van der Waals surface area contributed by atoms with Gasteiger partial charge in [-0.25, -0.2) is 4.98 Å². The predicted octanol–water partition coefficient (Wildman–Crippen LogP) is 5.25. The van der Waals surface area contributed by atoms with Crippen LogP contribution in [0.1, 0.15) is 39.4 Å². The van der Waals surface area contributed by atoms with Crippen molar-refractivity contribution in [2.24, 2.45) is 0 Å². The Kier molecular flexibility index (Phi) is 5.52. The monoisotopic (exact) mass is 457 g/mol. The molecule has 0 aliphatic carbocycles. The van der Waals surface area contributed by atoms with Crippen molar-refractivity contribution in [2.75, 3.05) is 0 Å². The molecule has 1 atom stereocenters. The van der Waals surface area contributed by atoms with Crippen molar-refractivity contribution in [1.82, 2.24) is 9.55 Å². The van der Waals surface area contributed by atoms with Crippen molar-refractivity contribution in [2.45, 2.75) is 19.2 Å². The topological polar surface area (TPSA) is 67.2 Å². The number of hydrogen-bond donors (Lipinski definition) is 0. The number of ether oxygens (including phenoxy) is 1. The quantitative estimate of drug-likeness (QED) is 0.397. The van der Waals surface area contributed by atoms with E-state index < -0.39 is 23.8 Å². The third-order valence-corrected chi connectivity index (χ3v) is 6.02. The molecule has 0 N–H and O–H groups in total. The molecule has 0 aliphatic heterocycles. The molecule has 0 fully saturated rings. The summed E-state index contributed by atoms with van der Waals surface area (Å²) in [6.45, 7) is 5.17. The Bertz CT molecular complexity index is 1320. The minimum atomic E-state index is -4.57. The number of hydrogen-bond acceptors (Lipinski definition) is 5. The Morgan fingerprint density at radius 3 is 2.69 bits per heavy atom. The Morgan fingerprint density at radius 2 is 2.00 bits per heavy atom. The number of benzene rings is 2. The second-order valence-corrected chi connectivity index (χ2v) is 8.01. The number of carbonyl (C=O) groups excluding carboxylic acids is 1. The van der Waals surface area contributed by atoms with Gasteiger partial charge < -0.3 is 14.6 Å². The lowest BCUT2D eigenvalue weighted by atomic mass is 10.0. The molecular weight excluding hydrogens is 441 g/mol. The maximum atomic E-state index is 13.4. The molecule has 32 heavy (non-hydrogen) atoms. The molecule has 2 aromatic heterocycles. The van der Waals surface area contributed by atoms with E-state index in [1.165, 1.54) is 37.5 Å². The normalized spacial score (nSPS) is 12.6. The standard InChI is InChI=1S/C23H17F3N2O3S/c1-3-14-8-9-17-18(10-14)28(12-27-17)20-11-19(21(32-20)22(29)30)31-13(2)15-6-4-5-7-16(15)23(24,25)26/h3-13H,1H2,2H3,(H,29,30)/p-1/t13-/m1/s1. The molecule has 0 bridgehead atoms. The van der Waals surface area contributed by atoms with Crippen molar-refractivity contribution in [3.05, 3.63) is 83.0 Å². The van der Waals surface area contributed by atoms with E-state index in [4.69, 9.17) is 4.74 Å². The molecule has 0 saturated carbocycles. The van der Waals surface area contributed by atoms with E-state index in [0.29, 0.717) is 10.5 Å². The second-order valence-electron chi connectivity index (χ2n) is 6.98. The lowest BCUT2D eigenvalue weighted by Gasteiger charge is -2.20. The van der Waals surface area contributed by atoms with Crippen molar-refractivity contribution < 1.29 is 27.8 Å². The molecule has 0 spiro atoms. The summed E-state index contributed by atoms with van der Waals surface area (Å²) >= 11 is 0.888. The highest BCUT2D eigenvalue weighted by molar-refractivity contribution is 7.16. The second kappa shape index (κ2) is 8.16. The first-order valence-corrected chi connectivity index (χ1v) is 10.3. The molecule has 0 amide bonds. The van der Waals surface area contributed by atoms with E-state index >= 15 is 0 Å². The molecule has 4 rings (SSSR count). The van der Waals surface area contributed by atoms with Crippen LogP contribution in [0.15, 0.2) is 61.4 Å². The molecular formula is C23H16F3N2O3S-. The molecule has 2 heterocycles. The first kappa shape index (κ1) is 21.6. The number of imidazole rings is 1. The first-order valence-electron chi connectivity index (χ1n) is 9.47. The summed E-state index contributed by atoms with van der Waals surface area (Å²) in [4.78, 5) is 15.8. The fraction of sp³-hybridized carbons (Fsp3) is 0.130. The number of rotatable bonds is 6. The number of aromatic carboxylic acids is 1. The van der Waals surface area contributed by atoms with Gasteiger partial charge in [0.2, 0.25) is 0 Å². The fourth-order valence-corrected chi connectivity index (χ4v) is 4.31. The van der Waals surface area contributed by atoms with Crippen LogP contribution in [0.3, 0.4) is 0 Å². The van der Waals surface area contributed by atoms with Crippen LogP contribution in [0.2, 0.25) is 0 Å². The van der Waals surface area contributed by atoms with E-state index in [9.17, 15) is 23.1 Å². The number of alkyl halides is 3. The Balaban J connectivity index is 1.75. The molecule has 0 saturated heterocycles. The van der Waals surface area contributed by atoms with E-state index in [1.807, 2.05) is 18.2 Å². The number of fused-ring (bicyclic) bond motifs is 1. The highest BCUT2D eigenvalue weighted by Crippen LogP contribution is 2.39. The number of carbonyl (C=O) groups is 1. The minimum Gasteiger partial charge on any atom is -0.544 e. The van der Waals surface area contributed by atoms with E-state index in [-0.39, 0.29) is 16.2 Å². The van der Waals surface area contributed by atoms with Crippen LogP contribution in [-0.2, 0) is 6.18 Å². The number of nitrogens with zero attached hydrogens (tertiary/aromatic N) is 2. The first-order chi connectivity index (χ1) is 15.2. The molecule has 0 radical (unpaired) electrons. The summed E-state index contributed by atoms with van der Waals surface area (Å²) in [7, 11) is 0. The average Bonchev–Trinajstić information content (AvgIpc) is 3.36. The molecule has 2 aromatic carbocycles. The van der Waals surface area contributed by atoms with Gasteiger partial charge in [-0.1, -0.05) is 36.9 Å². The lowest BCUT2D eigenvalue weighted by molar-refractivity contribution is -0.254. The van der Waals surface area contributed by atoms with Crippen LogP contribution in [0.25, 0.3) is 22.1 Å². The van der Waals surface area contributed by atoms with Crippen LogP contribution in [0.5, 0.6) is 5.75 Å². The maximum absolute atomic E-state index is 13.4. The highest BCUT2D eigenvalue weighted by Gasteiger charge is 2.34. The predicted molar refractivity (Wildman–Crippen MR) is 114 cm³/mol. The van der Waals surface area contributed by atoms with Gasteiger partial charge >= 0.3 is 6.18 Å². The number of thiophene rings is 1. The van der Waals surface area contributed by atoms with Gasteiger partial charge in [-0.15, -0.1) is 11.3 Å². The SMILES string of the molecule is C=Cc1ccc2ncn(-c3cc(O[C@H](C)c4ccccc4C(F)(F)F)c(C(=O)[O-])s3)c2c1. The molecule has 5 nitrogen and oxygen atoms in total. The van der Waals surface area contributed by atoms with Gasteiger partial charge in [0, 0.05) is 11.6 Å². The van der Waals surface area contributed by atoms with Crippen LogP contribution in [0.4, 0.5) is 13.2 Å². The fourth-order valence-electron chi connectivity index (χ4n) is 3.40. The summed E-state index contributed by atoms with van der Waals surface area (Å²) in [5, 5.41) is 12.2. The minimum absolute atomic E-state index is 0.0730. The Labute approximate surface area is 185 Å². The third kappa shape index (κ3) is 3.99. The summed E-state index contributed by atoms with van der Waals surface area (Å²) in [5.41, 5.74) is 1.32. The maximum Gasteiger partial charge on any atom is 0.416 e. The van der Waals surface area contributed by atoms with Gasteiger partial charge in [0.15, 0.2) is 0 Å². The molecule has 0 unspecified atom stereocenters. The summed E-state index contributed by atoms with van der Waals surface area (Å²) in [5.74, 6) is -1.56. The number of halogens is 3. The average molecular weight is 457 g/mol. The van der Waals surface area contributed by atoms with Crippen molar-refractivity contribution >= 4 is 34.4 Å². The van der Waals surface area contributed by atoms with Gasteiger partial charge in [0.1, 0.15) is 23.2 Å². The summed E-state index contributed by atoms with van der Waals surface area (Å²) in [6.07, 6.45) is -2.41. The largest absolute Gasteiger partial charge is 0.544 e. The lowest BCUT2D eigenvalue weighted by Crippen LogP contribution is -2.22. The molecule has 9 heteroatoms. The van der Waals surface area contributed by atoms with Gasteiger partial charge in [-0.3, -0.25) is 4.57 Å². The molecule has 164 valence electrons. The zero-order chi connectivity index (χ0) is 23.0. The van der Waals surface area contributed by atoms with Crippen molar-refractivity contribution in [3.8, 4) is 10.8 Å². The van der Waals surface area contributed by atoms with Crippen LogP contribution >= 0.6 is 11.3 Å². The van der Waals surface area contributed by atoms with Crippen molar-refractivity contribution in [1.29, 1.82) is 0 Å². The smallest absolute Gasteiger partial charge is 0.416 e. The van der Waals surface area contributed by atoms with Crippen LogP contribution < -0.4 is 9.84 Å². The Morgan fingerprint density at radius 1 is 1.25 bits per heavy atom. The molecule has 4 aromatic rings. The van der Waals surface area contributed by atoms with E-state index in [0.717, 1.165) is 28.5 Å². The number of carboxylic acid groups (broad SMARTS) is 1. The van der Waals surface area contributed by atoms with Gasteiger partial charge in [-0.05, 0) is 30.7 Å². The van der Waals surface area contributed by atoms with Gasteiger partial charge in [0.25, 0.3) is 0 Å². The summed E-state index contributed by atoms with van der Waals surface area (Å²) < 4.78 is 47.5. The highest BCUT2D eigenvalue weighted by atomic mass is 32.1. The zero-order valence-electron chi connectivity index (χ0n) is 16.7. The third-order valence-electron chi connectivity index (χ3n) is 4.92. The van der Waals surface area contributed by atoms with E-state index in [2.05, 4.69) is 11.6 Å². The Hall–Kier alpha value is -3.59. The van der Waals surface area contributed by atoms with Crippen LogP contribution in [-0.4, -0.2) is 15.5 Å². The number of aromatic nitrogens is 2. The van der Waals surface area contributed by atoms with Crippen LogP contribution in [0, 0.1) is 0 Å². The van der Waals surface area contributed by atoms with Gasteiger partial charge in [0.05, 0.1) is 27.4 Å². The number of carboxylic acids is 1. The summed E-state index contributed by atoms with van der Waals surface area (Å²) in [6, 6.07) is 12.0.